The summed E-state index contributed by atoms with van der Waals surface area (Å²) in [7, 11) is -3.97. The van der Waals surface area contributed by atoms with Crippen LogP contribution in [0.1, 0.15) is 57.2 Å². The molecule has 0 fully saturated rings. The maximum Gasteiger partial charge on any atom is 0.225 e. The summed E-state index contributed by atoms with van der Waals surface area (Å²) < 4.78 is 42.7. The Morgan fingerprint density at radius 2 is 1.64 bits per heavy atom. The standard InChI is InChI=1S/C27H33FN2O5S/c1-17(2)25-27(36(34,35)24-11-5-18(3)6-12-24)29-26(20-7-9-21(28)10-8-20)30(25)14-13-22(32)16-23(33)15-19(4)31/h5-12,17,22-23,32-33H,13-16H2,1-4H3/t22-,23+/m1/s1. The van der Waals surface area contributed by atoms with E-state index in [0.29, 0.717) is 17.1 Å². The van der Waals surface area contributed by atoms with Gasteiger partial charge < -0.3 is 14.8 Å². The molecular formula is C27H33FN2O5S. The average Bonchev–Trinajstić information content (AvgIpc) is 3.18. The van der Waals surface area contributed by atoms with Crippen molar-refractivity contribution in [1.29, 1.82) is 0 Å². The molecule has 9 heteroatoms. The first kappa shape index (κ1) is 27.7. The molecular weight excluding hydrogens is 483 g/mol. The number of carbonyl (C=O) groups excluding carboxylic acids is 1. The maximum atomic E-state index is 13.7. The molecule has 0 radical (unpaired) electrons. The van der Waals surface area contributed by atoms with Crippen molar-refractivity contribution in [3.63, 3.8) is 0 Å². The Kier molecular flexibility index (Phi) is 8.81. The van der Waals surface area contributed by atoms with E-state index >= 15 is 0 Å². The number of rotatable bonds is 11. The molecule has 1 heterocycles. The van der Waals surface area contributed by atoms with E-state index in [2.05, 4.69) is 4.98 Å². The monoisotopic (exact) mass is 516 g/mol. The van der Waals surface area contributed by atoms with Crippen LogP contribution in [0.4, 0.5) is 4.39 Å². The van der Waals surface area contributed by atoms with Crippen LogP contribution in [-0.4, -0.2) is 46.2 Å². The van der Waals surface area contributed by atoms with Crippen molar-refractivity contribution < 1.29 is 27.8 Å². The highest BCUT2D eigenvalue weighted by molar-refractivity contribution is 7.91. The predicted octanol–water partition coefficient (Wildman–Crippen LogP) is 4.43. The number of aliphatic hydroxyl groups excluding tert-OH is 2. The van der Waals surface area contributed by atoms with Gasteiger partial charge in [0.1, 0.15) is 17.4 Å². The Hall–Kier alpha value is -2.88. The van der Waals surface area contributed by atoms with E-state index in [-0.39, 0.29) is 47.4 Å². The van der Waals surface area contributed by atoms with Gasteiger partial charge in [-0.2, -0.15) is 0 Å². The molecule has 0 bridgehead atoms. The normalized spacial score (nSPS) is 13.7. The molecule has 194 valence electrons. The minimum Gasteiger partial charge on any atom is -0.393 e. The molecule has 0 saturated carbocycles. The van der Waals surface area contributed by atoms with Gasteiger partial charge in [0.25, 0.3) is 0 Å². The number of aromatic nitrogens is 2. The third-order valence-electron chi connectivity index (χ3n) is 5.96. The zero-order chi connectivity index (χ0) is 26.6. The van der Waals surface area contributed by atoms with Gasteiger partial charge in [0.2, 0.25) is 9.84 Å². The SMILES string of the molecule is CC(=O)C[C@H](O)C[C@H](O)CCn1c(-c2ccc(F)cc2)nc(S(=O)(=O)c2ccc(C)cc2)c1C(C)C. The molecule has 0 aliphatic heterocycles. The number of benzene rings is 2. The van der Waals surface area contributed by atoms with E-state index in [1.54, 1.807) is 28.8 Å². The topological polar surface area (TPSA) is 109 Å². The first-order valence-electron chi connectivity index (χ1n) is 11.9. The van der Waals surface area contributed by atoms with Gasteiger partial charge in [-0.05, 0) is 69.0 Å². The van der Waals surface area contributed by atoms with E-state index in [1.165, 1.54) is 31.2 Å². The Labute approximate surface area is 211 Å². The van der Waals surface area contributed by atoms with Crippen molar-refractivity contribution in [1.82, 2.24) is 9.55 Å². The van der Waals surface area contributed by atoms with Gasteiger partial charge in [0.05, 0.1) is 22.8 Å². The van der Waals surface area contributed by atoms with Gasteiger partial charge in [-0.1, -0.05) is 31.5 Å². The molecule has 0 spiro atoms. The lowest BCUT2D eigenvalue weighted by Crippen LogP contribution is -2.22. The van der Waals surface area contributed by atoms with Gasteiger partial charge in [-0.3, -0.25) is 4.79 Å². The number of ketones is 1. The number of carbonyl (C=O) groups is 1. The number of Topliss-reactive ketones (excluding diaryl/α,β-unsaturated/α-hetero) is 1. The summed E-state index contributed by atoms with van der Waals surface area (Å²) in [6.45, 7) is 7.19. The summed E-state index contributed by atoms with van der Waals surface area (Å²) >= 11 is 0. The van der Waals surface area contributed by atoms with Crippen LogP contribution >= 0.6 is 0 Å². The van der Waals surface area contributed by atoms with Gasteiger partial charge in [0.15, 0.2) is 5.03 Å². The van der Waals surface area contributed by atoms with Gasteiger partial charge in [0, 0.05) is 18.5 Å². The second kappa shape index (κ2) is 11.5. The van der Waals surface area contributed by atoms with Gasteiger partial charge >= 0.3 is 0 Å². The number of hydrogen-bond acceptors (Lipinski definition) is 6. The predicted molar refractivity (Wildman–Crippen MR) is 135 cm³/mol. The maximum absolute atomic E-state index is 13.7. The number of sulfone groups is 1. The molecule has 2 aromatic carbocycles. The molecule has 0 saturated heterocycles. The van der Waals surface area contributed by atoms with E-state index in [4.69, 9.17) is 0 Å². The van der Waals surface area contributed by atoms with Crippen molar-refractivity contribution >= 4 is 15.6 Å². The first-order chi connectivity index (χ1) is 16.9. The zero-order valence-electron chi connectivity index (χ0n) is 21.0. The summed E-state index contributed by atoms with van der Waals surface area (Å²) in [6, 6.07) is 12.2. The quantitative estimate of drug-likeness (QED) is 0.390. The highest BCUT2D eigenvalue weighted by Gasteiger charge is 2.31. The number of aryl methyl sites for hydroxylation is 1. The summed E-state index contributed by atoms with van der Waals surface area (Å²) in [5.74, 6) is -0.484. The second-order valence-electron chi connectivity index (χ2n) is 9.49. The summed E-state index contributed by atoms with van der Waals surface area (Å²) in [5, 5.41) is 20.5. The molecule has 1 aromatic heterocycles. The van der Waals surface area contributed by atoms with Crippen LogP contribution in [0.3, 0.4) is 0 Å². The van der Waals surface area contributed by atoms with Crippen LogP contribution in [0, 0.1) is 12.7 Å². The zero-order valence-corrected chi connectivity index (χ0v) is 21.8. The fraction of sp³-hybridized carbons (Fsp3) is 0.407. The summed E-state index contributed by atoms with van der Waals surface area (Å²) in [5.41, 5.74) is 1.94. The minimum absolute atomic E-state index is 0.0195. The van der Waals surface area contributed by atoms with Crippen molar-refractivity contribution in [2.75, 3.05) is 0 Å². The molecule has 0 aliphatic rings. The van der Waals surface area contributed by atoms with E-state index < -0.39 is 27.9 Å². The molecule has 0 unspecified atom stereocenters. The van der Waals surface area contributed by atoms with Crippen LogP contribution < -0.4 is 0 Å². The fourth-order valence-electron chi connectivity index (χ4n) is 4.20. The lowest BCUT2D eigenvalue weighted by atomic mass is 10.0. The lowest BCUT2D eigenvalue weighted by Gasteiger charge is -2.19. The number of imidazole rings is 1. The van der Waals surface area contributed by atoms with Crippen molar-refractivity contribution in [3.8, 4) is 11.4 Å². The van der Waals surface area contributed by atoms with Crippen molar-refractivity contribution in [3.05, 3.63) is 65.6 Å². The number of aliphatic hydroxyl groups is 2. The average molecular weight is 517 g/mol. The molecule has 3 aromatic rings. The third kappa shape index (κ3) is 6.46. The highest BCUT2D eigenvalue weighted by atomic mass is 32.2. The van der Waals surface area contributed by atoms with Crippen molar-refractivity contribution in [2.24, 2.45) is 0 Å². The largest absolute Gasteiger partial charge is 0.393 e. The van der Waals surface area contributed by atoms with Gasteiger partial charge in [-0.15, -0.1) is 0 Å². The molecule has 2 atom stereocenters. The van der Waals surface area contributed by atoms with Crippen LogP contribution in [-0.2, 0) is 21.2 Å². The first-order valence-corrected chi connectivity index (χ1v) is 13.4. The highest BCUT2D eigenvalue weighted by Crippen LogP contribution is 2.34. The van der Waals surface area contributed by atoms with Crippen LogP contribution in [0.15, 0.2) is 58.5 Å². The van der Waals surface area contributed by atoms with Gasteiger partial charge in [-0.25, -0.2) is 17.8 Å². The summed E-state index contributed by atoms with van der Waals surface area (Å²) in [4.78, 5) is 15.9. The summed E-state index contributed by atoms with van der Waals surface area (Å²) in [6.07, 6.45) is -1.70. The smallest absolute Gasteiger partial charge is 0.225 e. The molecule has 7 nitrogen and oxygen atoms in total. The van der Waals surface area contributed by atoms with E-state index in [1.807, 2.05) is 20.8 Å². The van der Waals surface area contributed by atoms with Crippen LogP contribution in [0.5, 0.6) is 0 Å². The number of hydrogen-bond donors (Lipinski definition) is 2. The van der Waals surface area contributed by atoms with Crippen LogP contribution in [0.2, 0.25) is 0 Å². The second-order valence-corrected chi connectivity index (χ2v) is 11.4. The Morgan fingerprint density at radius 3 is 2.19 bits per heavy atom. The van der Waals surface area contributed by atoms with Crippen molar-refractivity contribution in [2.45, 2.75) is 81.5 Å². The lowest BCUT2D eigenvalue weighted by molar-refractivity contribution is -0.119. The minimum atomic E-state index is -3.97. The number of nitrogens with zero attached hydrogens (tertiary/aromatic N) is 2. The van der Waals surface area contributed by atoms with E-state index in [0.717, 1.165) is 5.56 Å². The fourth-order valence-corrected chi connectivity index (χ4v) is 5.75. The Bertz CT molecular complexity index is 1300. The molecule has 36 heavy (non-hydrogen) atoms. The van der Waals surface area contributed by atoms with E-state index in [9.17, 15) is 27.8 Å². The molecule has 3 rings (SSSR count). The number of halogens is 1. The molecule has 0 aliphatic carbocycles. The molecule has 0 amide bonds. The van der Waals surface area contributed by atoms with Crippen LogP contribution in [0.25, 0.3) is 11.4 Å². The Morgan fingerprint density at radius 1 is 1.03 bits per heavy atom. The molecule has 2 N–H and O–H groups in total. The Balaban J connectivity index is 2.07. The third-order valence-corrected chi connectivity index (χ3v) is 7.66.